The second-order valence-corrected chi connectivity index (χ2v) is 5.14. The molecule has 0 radical (unpaired) electrons. The van der Waals surface area contributed by atoms with Gasteiger partial charge in [-0.3, -0.25) is 0 Å². The molecular formula is C10H14FNO3S. The maximum absolute atomic E-state index is 13.3. The molecular weight excluding hydrogens is 233 g/mol. The molecule has 1 aromatic rings. The van der Waals surface area contributed by atoms with Gasteiger partial charge >= 0.3 is 0 Å². The second-order valence-electron chi connectivity index (χ2n) is 3.41. The van der Waals surface area contributed by atoms with Gasteiger partial charge < -0.3 is 5.11 Å². The highest BCUT2D eigenvalue weighted by Gasteiger charge is 2.18. The Morgan fingerprint density at radius 3 is 2.75 bits per heavy atom. The lowest BCUT2D eigenvalue weighted by Gasteiger charge is -2.07. The lowest BCUT2D eigenvalue weighted by atomic mass is 10.2. The zero-order valence-electron chi connectivity index (χ0n) is 8.90. The Kier molecular flexibility index (Phi) is 4.40. The van der Waals surface area contributed by atoms with Crippen LogP contribution in [0.1, 0.15) is 12.0 Å². The van der Waals surface area contributed by atoms with E-state index in [2.05, 4.69) is 4.72 Å². The largest absolute Gasteiger partial charge is 0.396 e. The molecule has 0 bridgehead atoms. The molecule has 0 aliphatic heterocycles. The van der Waals surface area contributed by atoms with Crippen molar-refractivity contribution in [3.63, 3.8) is 0 Å². The van der Waals surface area contributed by atoms with Crippen LogP contribution in [0, 0.1) is 12.7 Å². The zero-order chi connectivity index (χ0) is 12.2. The zero-order valence-corrected chi connectivity index (χ0v) is 9.72. The van der Waals surface area contributed by atoms with E-state index in [-0.39, 0.29) is 18.0 Å². The summed E-state index contributed by atoms with van der Waals surface area (Å²) in [6.07, 6.45) is 0.298. The Hall–Kier alpha value is -0.980. The summed E-state index contributed by atoms with van der Waals surface area (Å²) in [7, 11) is -3.82. The first-order valence-corrected chi connectivity index (χ1v) is 6.32. The van der Waals surface area contributed by atoms with Gasteiger partial charge in [0.05, 0.1) is 0 Å². The van der Waals surface area contributed by atoms with E-state index >= 15 is 0 Å². The number of hydrogen-bond acceptors (Lipinski definition) is 3. The summed E-state index contributed by atoms with van der Waals surface area (Å²) in [6, 6.07) is 3.90. The second kappa shape index (κ2) is 5.38. The number of benzene rings is 1. The van der Waals surface area contributed by atoms with Crippen LogP contribution in [-0.4, -0.2) is 26.7 Å². The van der Waals surface area contributed by atoms with Crippen molar-refractivity contribution < 1.29 is 17.9 Å². The minimum atomic E-state index is -3.82. The van der Waals surface area contributed by atoms with Gasteiger partial charge in [-0.1, -0.05) is 6.07 Å². The summed E-state index contributed by atoms with van der Waals surface area (Å²) in [5, 5.41) is 8.52. The van der Waals surface area contributed by atoms with Crippen molar-refractivity contribution >= 4 is 10.0 Å². The molecule has 0 fully saturated rings. The lowest BCUT2D eigenvalue weighted by Crippen LogP contribution is -2.26. The van der Waals surface area contributed by atoms with E-state index in [1.807, 2.05) is 0 Å². The molecule has 1 rings (SSSR count). The smallest absolute Gasteiger partial charge is 0.243 e. The van der Waals surface area contributed by atoms with Gasteiger partial charge in [0.25, 0.3) is 0 Å². The van der Waals surface area contributed by atoms with E-state index in [1.165, 1.54) is 12.1 Å². The number of halogens is 1. The van der Waals surface area contributed by atoms with E-state index in [1.54, 1.807) is 6.92 Å². The molecule has 0 saturated heterocycles. The minimum absolute atomic E-state index is 0.0895. The molecule has 4 nitrogen and oxygen atoms in total. The van der Waals surface area contributed by atoms with Gasteiger partial charge in [0.1, 0.15) is 10.7 Å². The highest BCUT2D eigenvalue weighted by molar-refractivity contribution is 7.89. The predicted molar refractivity (Wildman–Crippen MR) is 58.0 cm³/mol. The molecule has 0 heterocycles. The van der Waals surface area contributed by atoms with Crippen LogP contribution in [0.5, 0.6) is 0 Å². The summed E-state index contributed by atoms with van der Waals surface area (Å²) in [5.74, 6) is -0.776. The molecule has 90 valence electrons. The van der Waals surface area contributed by atoms with Crippen molar-refractivity contribution in [1.82, 2.24) is 4.72 Å². The van der Waals surface area contributed by atoms with Crippen molar-refractivity contribution in [2.45, 2.75) is 18.2 Å². The molecule has 16 heavy (non-hydrogen) atoms. The average molecular weight is 247 g/mol. The first-order chi connectivity index (χ1) is 7.47. The molecule has 0 aliphatic rings. The summed E-state index contributed by atoms with van der Waals surface area (Å²) >= 11 is 0. The van der Waals surface area contributed by atoms with Crippen LogP contribution in [0.3, 0.4) is 0 Å². The monoisotopic (exact) mass is 247 g/mol. The first kappa shape index (κ1) is 13.1. The van der Waals surface area contributed by atoms with Gasteiger partial charge in [-0.2, -0.15) is 0 Å². The normalized spacial score (nSPS) is 11.7. The maximum Gasteiger partial charge on any atom is 0.243 e. The Labute approximate surface area is 94.2 Å². The fraction of sp³-hybridized carbons (Fsp3) is 0.400. The number of aliphatic hydroxyl groups is 1. The Morgan fingerprint density at radius 1 is 1.44 bits per heavy atom. The molecule has 0 amide bonds. The van der Waals surface area contributed by atoms with Crippen LogP contribution < -0.4 is 4.72 Å². The average Bonchev–Trinajstić information content (AvgIpc) is 2.22. The SMILES string of the molecule is Cc1ccc(F)c(S(=O)(=O)NCCCO)c1. The number of aryl methyl sites for hydroxylation is 1. The number of sulfonamides is 1. The van der Waals surface area contributed by atoms with Crippen molar-refractivity contribution in [2.75, 3.05) is 13.2 Å². The van der Waals surface area contributed by atoms with Gasteiger partial charge in [-0.25, -0.2) is 17.5 Å². The molecule has 0 spiro atoms. The standard InChI is InChI=1S/C10H14FNO3S/c1-8-3-4-9(11)10(7-8)16(14,15)12-5-2-6-13/h3-4,7,12-13H,2,5-6H2,1H3. The number of rotatable bonds is 5. The molecule has 0 aromatic heterocycles. The van der Waals surface area contributed by atoms with Gasteiger partial charge in [0, 0.05) is 13.2 Å². The summed E-state index contributed by atoms with van der Waals surface area (Å²) in [4.78, 5) is -0.356. The summed E-state index contributed by atoms with van der Waals surface area (Å²) in [6.45, 7) is 1.66. The van der Waals surface area contributed by atoms with Crippen molar-refractivity contribution in [1.29, 1.82) is 0 Å². The molecule has 1 aromatic carbocycles. The Bertz CT molecular complexity index is 459. The van der Waals surface area contributed by atoms with Crippen LogP contribution >= 0.6 is 0 Å². The van der Waals surface area contributed by atoms with Gasteiger partial charge in [0.2, 0.25) is 10.0 Å². The van der Waals surface area contributed by atoms with E-state index in [4.69, 9.17) is 5.11 Å². The highest BCUT2D eigenvalue weighted by Crippen LogP contribution is 2.15. The number of hydrogen-bond donors (Lipinski definition) is 2. The fourth-order valence-electron chi connectivity index (χ4n) is 1.18. The van der Waals surface area contributed by atoms with Gasteiger partial charge in [-0.05, 0) is 31.0 Å². The Morgan fingerprint density at radius 2 is 2.12 bits per heavy atom. The topological polar surface area (TPSA) is 66.4 Å². The van der Waals surface area contributed by atoms with Crippen LogP contribution in [0.25, 0.3) is 0 Å². The van der Waals surface area contributed by atoms with Crippen molar-refractivity contribution in [3.05, 3.63) is 29.6 Å². The first-order valence-electron chi connectivity index (χ1n) is 4.84. The quantitative estimate of drug-likeness (QED) is 0.756. The third-order valence-corrected chi connectivity index (χ3v) is 3.48. The third-order valence-electron chi connectivity index (χ3n) is 2.00. The van der Waals surface area contributed by atoms with E-state index in [0.29, 0.717) is 12.0 Å². The minimum Gasteiger partial charge on any atom is -0.396 e. The highest BCUT2D eigenvalue weighted by atomic mass is 32.2. The van der Waals surface area contributed by atoms with Crippen LogP contribution in [0.2, 0.25) is 0 Å². The van der Waals surface area contributed by atoms with Crippen molar-refractivity contribution in [3.8, 4) is 0 Å². The van der Waals surface area contributed by atoms with Crippen LogP contribution in [0.15, 0.2) is 23.1 Å². The molecule has 0 atom stereocenters. The Balaban J connectivity index is 2.93. The predicted octanol–water partition coefficient (Wildman–Crippen LogP) is 0.795. The van der Waals surface area contributed by atoms with Crippen LogP contribution in [0.4, 0.5) is 4.39 Å². The van der Waals surface area contributed by atoms with Crippen LogP contribution in [-0.2, 0) is 10.0 Å². The lowest BCUT2D eigenvalue weighted by molar-refractivity contribution is 0.289. The van der Waals surface area contributed by atoms with E-state index < -0.39 is 15.8 Å². The maximum atomic E-state index is 13.3. The molecule has 0 unspecified atom stereocenters. The summed E-state index contributed by atoms with van der Waals surface area (Å²) in [5.41, 5.74) is 0.670. The summed E-state index contributed by atoms with van der Waals surface area (Å²) < 4.78 is 38.8. The number of nitrogens with one attached hydrogen (secondary N) is 1. The molecule has 0 saturated carbocycles. The fourth-order valence-corrected chi connectivity index (χ4v) is 2.41. The number of aliphatic hydroxyl groups excluding tert-OH is 1. The molecule has 2 N–H and O–H groups in total. The van der Waals surface area contributed by atoms with Crippen molar-refractivity contribution in [2.24, 2.45) is 0 Å². The van der Waals surface area contributed by atoms with E-state index in [0.717, 1.165) is 6.07 Å². The van der Waals surface area contributed by atoms with Gasteiger partial charge in [0.15, 0.2) is 0 Å². The molecule has 0 aliphatic carbocycles. The third kappa shape index (κ3) is 3.26. The molecule has 6 heteroatoms. The van der Waals surface area contributed by atoms with E-state index in [9.17, 15) is 12.8 Å². The van der Waals surface area contributed by atoms with Gasteiger partial charge in [-0.15, -0.1) is 0 Å².